The molecule has 2 N–H and O–H groups in total. The van der Waals surface area contributed by atoms with Crippen LogP contribution >= 0.6 is 0 Å². The number of hydrogen-bond donors (Lipinski definition) is 1. The molecule has 1 aromatic carbocycles. The summed E-state index contributed by atoms with van der Waals surface area (Å²) in [6.45, 7) is 3.32. The van der Waals surface area contributed by atoms with Gasteiger partial charge in [-0.05, 0) is 25.5 Å². The minimum Gasteiger partial charge on any atom is -0.398 e. The van der Waals surface area contributed by atoms with Crippen LogP contribution in [0.3, 0.4) is 0 Å². The number of para-hydroxylation sites is 1. The Morgan fingerprint density at radius 2 is 2.13 bits per heavy atom. The third-order valence-electron chi connectivity index (χ3n) is 1.99. The van der Waals surface area contributed by atoms with E-state index >= 15 is 0 Å². The van der Waals surface area contributed by atoms with Crippen molar-refractivity contribution < 1.29 is 8.95 Å². The molecule has 0 aliphatic heterocycles. The van der Waals surface area contributed by atoms with Crippen LogP contribution in [0.25, 0.3) is 0 Å². The van der Waals surface area contributed by atoms with E-state index in [1.54, 1.807) is 6.07 Å². The van der Waals surface area contributed by atoms with E-state index in [2.05, 4.69) is 0 Å². The van der Waals surface area contributed by atoms with E-state index in [0.717, 1.165) is 11.3 Å². The van der Waals surface area contributed by atoms with Gasteiger partial charge in [0.05, 0.1) is 15.7 Å². The molecular formula is C11H17NO2S. The van der Waals surface area contributed by atoms with Crippen LogP contribution in [0.5, 0.6) is 0 Å². The first-order chi connectivity index (χ1) is 7.25. The van der Waals surface area contributed by atoms with Crippen molar-refractivity contribution in [3.63, 3.8) is 0 Å². The third-order valence-corrected chi connectivity index (χ3v) is 3.51. The van der Waals surface area contributed by atoms with E-state index in [0.29, 0.717) is 24.7 Å². The van der Waals surface area contributed by atoms with Crippen molar-refractivity contribution in [1.82, 2.24) is 0 Å². The Bertz CT molecular complexity index is 328. The number of nitrogens with two attached hydrogens (primary N) is 1. The summed E-state index contributed by atoms with van der Waals surface area (Å²) in [4.78, 5) is 0.731. The lowest BCUT2D eigenvalue weighted by Gasteiger charge is -2.05. The van der Waals surface area contributed by atoms with Crippen LogP contribution in [0.1, 0.15) is 13.3 Å². The van der Waals surface area contributed by atoms with Gasteiger partial charge in [0.25, 0.3) is 0 Å². The Balaban J connectivity index is 2.44. The first-order valence-corrected chi connectivity index (χ1v) is 6.38. The van der Waals surface area contributed by atoms with Gasteiger partial charge in [-0.25, -0.2) is 0 Å². The van der Waals surface area contributed by atoms with E-state index in [9.17, 15) is 4.21 Å². The number of nitrogen functional groups attached to an aromatic ring is 1. The van der Waals surface area contributed by atoms with Gasteiger partial charge in [0, 0.05) is 24.7 Å². The van der Waals surface area contributed by atoms with Crippen molar-refractivity contribution in [3.8, 4) is 0 Å². The Hall–Kier alpha value is -0.870. The summed E-state index contributed by atoms with van der Waals surface area (Å²) in [6, 6.07) is 7.28. The summed E-state index contributed by atoms with van der Waals surface area (Å²) >= 11 is 0. The summed E-state index contributed by atoms with van der Waals surface area (Å²) in [5.41, 5.74) is 6.33. The highest BCUT2D eigenvalue weighted by molar-refractivity contribution is 7.85. The molecule has 0 saturated carbocycles. The van der Waals surface area contributed by atoms with Crippen LogP contribution in [-0.4, -0.2) is 23.2 Å². The van der Waals surface area contributed by atoms with Gasteiger partial charge in [0.15, 0.2) is 0 Å². The average molecular weight is 227 g/mol. The van der Waals surface area contributed by atoms with Crippen molar-refractivity contribution in [3.05, 3.63) is 24.3 Å². The van der Waals surface area contributed by atoms with Crippen molar-refractivity contribution in [2.24, 2.45) is 0 Å². The van der Waals surface area contributed by atoms with Crippen LogP contribution in [0.4, 0.5) is 5.69 Å². The number of rotatable bonds is 6. The van der Waals surface area contributed by atoms with Gasteiger partial charge in [0.2, 0.25) is 0 Å². The molecule has 0 amide bonds. The maximum atomic E-state index is 11.8. The smallest absolute Gasteiger partial charge is 0.0617 e. The highest BCUT2D eigenvalue weighted by atomic mass is 32.2. The summed E-state index contributed by atoms with van der Waals surface area (Å²) in [6.07, 6.45) is 0.800. The van der Waals surface area contributed by atoms with Gasteiger partial charge in [-0.2, -0.15) is 0 Å². The van der Waals surface area contributed by atoms with Crippen LogP contribution in [-0.2, 0) is 15.5 Å². The highest BCUT2D eigenvalue weighted by Gasteiger charge is 2.06. The first kappa shape index (κ1) is 12.2. The van der Waals surface area contributed by atoms with Crippen LogP contribution in [0.2, 0.25) is 0 Å². The van der Waals surface area contributed by atoms with Crippen LogP contribution in [0, 0.1) is 0 Å². The van der Waals surface area contributed by atoms with Crippen LogP contribution in [0.15, 0.2) is 29.2 Å². The van der Waals surface area contributed by atoms with Gasteiger partial charge in [-0.3, -0.25) is 4.21 Å². The molecule has 1 atom stereocenters. The molecular weight excluding hydrogens is 210 g/mol. The zero-order valence-electron chi connectivity index (χ0n) is 8.94. The van der Waals surface area contributed by atoms with Gasteiger partial charge >= 0.3 is 0 Å². The van der Waals surface area contributed by atoms with E-state index in [1.165, 1.54) is 0 Å². The molecule has 0 bridgehead atoms. The fourth-order valence-corrected chi connectivity index (χ4v) is 2.40. The van der Waals surface area contributed by atoms with E-state index in [-0.39, 0.29) is 0 Å². The Kier molecular flexibility index (Phi) is 5.36. The molecule has 0 aromatic heterocycles. The van der Waals surface area contributed by atoms with E-state index in [4.69, 9.17) is 10.5 Å². The number of anilines is 1. The minimum atomic E-state index is -1.00. The minimum absolute atomic E-state index is 0.604. The molecule has 0 heterocycles. The lowest BCUT2D eigenvalue weighted by atomic mass is 10.3. The molecule has 0 spiro atoms. The van der Waals surface area contributed by atoms with Crippen molar-refractivity contribution >= 4 is 16.5 Å². The quantitative estimate of drug-likeness (QED) is 0.595. The zero-order chi connectivity index (χ0) is 11.1. The summed E-state index contributed by atoms with van der Waals surface area (Å²) in [5.74, 6) is 0.605. The second kappa shape index (κ2) is 6.58. The highest BCUT2D eigenvalue weighted by Crippen LogP contribution is 2.15. The maximum absolute atomic E-state index is 11.8. The molecule has 4 heteroatoms. The molecule has 0 aliphatic rings. The molecule has 1 rings (SSSR count). The zero-order valence-corrected chi connectivity index (χ0v) is 9.76. The van der Waals surface area contributed by atoms with Gasteiger partial charge in [-0.1, -0.05) is 12.1 Å². The molecule has 0 fully saturated rings. The molecule has 1 aromatic rings. The predicted molar refractivity (Wildman–Crippen MR) is 63.2 cm³/mol. The molecule has 0 aliphatic carbocycles. The molecule has 3 nitrogen and oxygen atoms in total. The Morgan fingerprint density at radius 3 is 2.80 bits per heavy atom. The van der Waals surface area contributed by atoms with E-state index < -0.39 is 10.8 Å². The van der Waals surface area contributed by atoms with Gasteiger partial charge < -0.3 is 10.5 Å². The molecule has 84 valence electrons. The number of ether oxygens (including phenoxy) is 1. The molecule has 1 unspecified atom stereocenters. The average Bonchev–Trinajstić information content (AvgIpc) is 2.25. The van der Waals surface area contributed by atoms with Crippen molar-refractivity contribution in [2.45, 2.75) is 18.2 Å². The van der Waals surface area contributed by atoms with Gasteiger partial charge in [0.1, 0.15) is 0 Å². The largest absolute Gasteiger partial charge is 0.398 e. The fraction of sp³-hybridized carbons (Fsp3) is 0.455. The first-order valence-electron chi connectivity index (χ1n) is 5.06. The lowest BCUT2D eigenvalue weighted by Crippen LogP contribution is -2.05. The van der Waals surface area contributed by atoms with E-state index in [1.807, 2.05) is 25.1 Å². The Morgan fingerprint density at radius 1 is 1.40 bits per heavy atom. The number of benzene rings is 1. The van der Waals surface area contributed by atoms with Crippen molar-refractivity contribution in [1.29, 1.82) is 0 Å². The maximum Gasteiger partial charge on any atom is 0.0617 e. The van der Waals surface area contributed by atoms with Crippen molar-refractivity contribution in [2.75, 3.05) is 24.7 Å². The SMILES string of the molecule is CCOCCCS(=O)c1ccccc1N. The molecule has 15 heavy (non-hydrogen) atoms. The fourth-order valence-electron chi connectivity index (χ4n) is 1.23. The normalized spacial score (nSPS) is 12.6. The second-order valence-corrected chi connectivity index (χ2v) is 4.68. The Labute approximate surface area is 93.1 Å². The summed E-state index contributed by atoms with van der Waals surface area (Å²) in [5, 5.41) is 0. The van der Waals surface area contributed by atoms with Gasteiger partial charge in [-0.15, -0.1) is 0 Å². The second-order valence-electron chi connectivity index (χ2n) is 3.14. The predicted octanol–water partition coefficient (Wildman–Crippen LogP) is 1.80. The molecule has 0 saturated heterocycles. The monoisotopic (exact) mass is 227 g/mol. The standard InChI is InChI=1S/C11H17NO2S/c1-2-14-8-5-9-15(13)11-7-4-3-6-10(11)12/h3-4,6-7H,2,5,8-9,12H2,1H3. The summed E-state index contributed by atoms with van der Waals surface area (Å²) in [7, 11) is -1.00. The summed E-state index contributed by atoms with van der Waals surface area (Å²) < 4.78 is 17.0. The topological polar surface area (TPSA) is 52.3 Å². The molecule has 0 radical (unpaired) electrons. The van der Waals surface area contributed by atoms with Crippen LogP contribution < -0.4 is 5.73 Å². The lowest BCUT2D eigenvalue weighted by molar-refractivity contribution is 0.149. The number of hydrogen-bond acceptors (Lipinski definition) is 3. The third kappa shape index (κ3) is 4.01.